The molecule has 0 aliphatic carbocycles. The van der Waals surface area contributed by atoms with E-state index in [-0.39, 0.29) is 6.54 Å². The molecule has 1 aliphatic rings. The van der Waals surface area contributed by atoms with Crippen molar-refractivity contribution in [2.75, 3.05) is 19.6 Å². The highest BCUT2D eigenvalue weighted by molar-refractivity contribution is 5.75. The number of carbonyl (C=O) groups is 1. The van der Waals surface area contributed by atoms with E-state index in [0.717, 1.165) is 0 Å². The Bertz CT molecular complexity index is 254. The lowest BCUT2D eigenvalue weighted by atomic mass is 9.98. The number of rotatable bonds is 2. The molecule has 94 valence electrons. The largest absolute Gasteiger partial charge is 0.367 e. The predicted molar refractivity (Wildman–Crippen MR) is 54.9 cm³/mol. The molecule has 1 heterocycles. The van der Waals surface area contributed by atoms with E-state index in [1.54, 1.807) is 20.8 Å². The van der Waals surface area contributed by atoms with E-state index in [2.05, 4.69) is 5.32 Å². The fraction of sp³-hybridized carbons (Fsp3) is 0.900. The van der Waals surface area contributed by atoms with Crippen molar-refractivity contribution < 1.29 is 18.4 Å². The summed E-state index contributed by atoms with van der Waals surface area (Å²) in [6.07, 6.45) is -2.45. The number of nitrogens with one attached hydrogen (secondary N) is 1. The first-order valence-electron chi connectivity index (χ1n) is 5.29. The molecule has 1 fully saturated rings. The number of piperazine rings is 1. The number of alkyl halides is 2. The quantitative estimate of drug-likeness (QED) is 0.777. The Morgan fingerprint density at radius 3 is 2.62 bits per heavy atom. The molecule has 0 bridgehead atoms. The molecular formula is C10H18F2N2O2. The van der Waals surface area contributed by atoms with Gasteiger partial charge in [-0.1, -0.05) is 0 Å². The summed E-state index contributed by atoms with van der Waals surface area (Å²) in [5.41, 5.74) is -0.620. The first-order chi connectivity index (χ1) is 7.30. The van der Waals surface area contributed by atoms with Crippen LogP contribution in [0.5, 0.6) is 0 Å². The maximum absolute atomic E-state index is 12.4. The van der Waals surface area contributed by atoms with E-state index in [4.69, 9.17) is 4.84 Å². The van der Waals surface area contributed by atoms with Crippen molar-refractivity contribution in [2.45, 2.75) is 33.2 Å². The standard InChI is InChI=1S/C10H18F2N2O2/c1-10(2,3)9(15)16-14-5-4-13-7(6-14)8(11)12/h7-8,13H,4-6H2,1-3H3. The molecule has 0 saturated carbocycles. The zero-order valence-electron chi connectivity index (χ0n) is 9.80. The van der Waals surface area contributed by atoms with Gasteiger partial charge in [0.25, 0.3) is 6.43 Å². The lowest BCUT2D eigenvalue weighted by molar-refractivity contribution is -0.207. The molecular weight excluding hydrogens is 218 g/mol. The molecule has 4 nitrogen and oxygen atoms in total. The highest BCUT2D eigenvalue weighted by Crippen LogP contribution is 2.17. The van der Waals surface area contributed by atoms with Crippen molar-refractivity contribution >= 4 is 5.97 Å². The van der Waals surface area contributed by atoms with Gasteiger partial charge in [-0.05, 0) is 20.8 Å². The molecule has 0 radical (unpaired) electrons. The van der Waals surface area contributed by atoms with Crippen LogP contribution >= 0.6 is 0 Å². The Morgan fingerprint density at radius 1 is 1.50 bits per heavy atom. The van der Waals surface area contributed by atoms with Crippen LogP contribution in [0.3, 0.4) is 0 Å². The lowest BCUT2D eigenvalue weighted by Gasteiger charge is -2.33. The Hall–Kier alpha value is -0.750. The second kappa shape index (κ2) is 5.05. The third-order valence-electron chi connectivity index (χ3n) is 2.30. The first kappa shape index (κ1) is 13.3. The van der Waals surface area contributed by atoms with Gasteiger partial charge in [0.2, 0.25) is 0 Å². The van der Waals surface area contributed by atoms with Gasteiger partial charge < -0.3 is 10.2 Å². The summed E-state index contributed by atoms with van der Waals surface area (Å²) in [5.74, 6) is -0.401. The summed E-state index contributed by atoms with van der Waals surface area (Å²) >= 11 is 0. The summed E-state index contributed by atoms with van der Waals surface area (Å²) in [7, 11) is 0. The van der Waals surface area contributed by atoms with Crippen molar-refractivity contribution in [3.8, 4) is 0 Å². The second-order valence-electron chi connectivity index (χ2n) is 4.91. The van der Waals surface area contributed by atoms with Crippen molar-refractivity contribution in [2.24, 2.45) is 5.41 Å². The first-order valence-corrected chi connectivity index (χ1v) is 5.29. The van der Waals surface area contributed by atoms with Crippen LogP contribution in [0.4, 0.5) is 8.78 Å². The Labute approximate surface area is 93.9 Å². The molecule has 16 heavy (non-hydrogen) atoms. The van der Waals surface area contributed by atoms with Crippen LogP contribution in [0.1, 0.15) is 20.8 Å². The van der Waals surface area contributed by atoms with Crippen molar-refractivity contribution in [1.29, 1.82) is 0 Å². The van der Waals surface area contributed by atoms with Crippen LogP contribution in [0, 0.1) is 5.41 Å². The molecule has 0 amide bonds. The molecule has 1 aliphatic heterocycles. The van der Waals surface area contributed by atoms with Gasteiger partial charge in [-0.3, -0.25) is 0 Å². The van der Waals surface area contributed by atoms with Crippen LogP contribution in [-0.4, -0.2) is 43.1 Å². The fourth-order valence-corrected chi connectivity index (χ4v) is 1.26. The van der Waals surface area contributed by atoms with Crippen LogP contribution in [0.2, 0.25) is 0 Å². The fourth-order valence-electron chi connectivity index (χ4n) is 1.26. The number of carbonyl (C=O) groups excluding carboxylic acids is 1. The predicted octanol–water partition coefficient (Wildman–Crippen LogP) is 1.03. The van der Waals surface area contributed by atoms with E-state index in [1.165, 1.54) is 5.06 Å². The van der Waals surface area contributed by atoms with E-state index in [1.807, 2.05) is 0 Å². The summed E-state index contributed by atoms with van der Waals surface area (Å²) in [6.45, 7) is 6.03. The van der Waals surface area contributed by atoms with Crippen LogP contribution < -0.4 is 5.32 Å². The minimum absolute atomic E-state index is 0.0273. The van der Waals surface area contributed by atoms with E-state index in [0.29, 0.717) is 13.1 Å². The Morgan fingerprint density at radius 2 is 2.12 bits per heavy atom. The van der Waals surface area contributed by atoms with E-state index < -0.39 is 23.9 Å². The number of nitrogens with zero attached hydrogens (tertiary/aromatic N) is 1. The molecule has 1 rings (SSSR count). The molecule has 0 aromatic heterocycles. The highest BCUT2D eigenvalue weighted by atomic mass is 19.3. The van der Waals surface area contributed by atoms with E-state index in [9.17, 15) is 13.6 Å². The minimum atomic E-state index is -2.45. The summed E-state index contributed by atoms with van der Waals surface area (Å²) < 4.78 is 24.9. The summed E-state index contributed by atoms with van der Waals surface area (Å²) in [6, 6.07) is -0.929. The van der Waals surface area contributed by atoms with Gasteiger partial charge in [-0.2, -0.15) is 0 Å². The molecule has 1 unspecified atom stereocenters. The molecule has 1 N–H and O–H groups in total. The van der Waals surface area contributed by atoms with Gasteiger partial charge in [0.15, 0.2) is 0 Å². The minimum Gasteiger partial charge on any atom is -0.367 e. The molecule has 1 saturated heterocycles. The normalized spacial score (nSPS) is 23.5. The zero-order valence-corrected chi connectivity index (χ0v) is 9.80. The molecule has 6 heteroatoms. The monoisotopic (exact) mass is 236 g/mol. The maximum atomic E-state index is 12.4. The lowest BCUT2D eigenvalue weighted by Crippen LogP contribution is -2.54. The van der Waals surface area contributed by atoms with Gasteiger partial charge in [0.1, 0.15) is 0 Å². The molecule has 0 aromatic carbocycles. The van der Waals surface area contributed by atoms with Crippen LogP contribution in [0.25, 0.3) is 0 Å². The molecule has 1 atom stereocenters. The summed E-state index contributed by atoms with van der Waals surface area (Å²) in [4.78, 5) is 16.6. The van der Waals surface area contributed by atoms with E-state index >= 15 is 0 Å². The Balaban J connectivity index is 2.46. The second-order valence-corrected chi connectivity index (χ2v) is 4.91. The van der Waals surface area contributed by atoms with Crippen molar-refractivity contribution in [3.63, 3.8) is 0 Å². The van der Waals surface area contributed by atoms with Gasteiger partial charge in [-0.15, -0.1) is 5.06 Å². The number of hydroxylamine groups is 2. The van der Waals surface area contributed by atoms with Gasteiger partial charge in [0, 0.05) is 13.1 Å². The molecule has 0 spiro atoms. The van der Waals surface area contributed by atoms with Crippen molar-refractivity contribution in [3.05, 3.63) is 0 Å². The van der Waals surface area contributed by atoms with Crippen LogP contribution in [-0.2, 0) is 9.63 Å². The third-order valence-corrected chi connectivity index (χ3v) is 2.30. The third kappa shape index (κ3) is 3.68. The van der Waals surface area contributed by atoms with Crippen molar-refractivity contribution in [1.82, 2.24) is 10.4 Å². The number of halogens is 2. The summed E-state index contributed by atoms with van der Waals surface area (Å²) in [5, 5.41) is 3.98. The average Bonchev–Trinajstić information content (AvgIpc) is 2.16. The highest BCUT2D eigenvalue weighted by Gasteiger charge is 2.31. The topological polar surface area (TPSA) is 41.6 Å². The SMILES string of the molecule is CC(C)(C)C(=O)ON1CCNC(C(F)F)C1. The maximum Gasteiger partial charge on any atom is 0.330 e. The molecule has 0 aromatic rings. The number of hydrogen-bond donors (Lipinski definition) is 1. The van der Waals surface area contributed by atoms with Crippen LogP contribution in [0.15, 0.2) is 0 Å². The Kier molecular flexibility index (Phi) is 4.21. The van der Waals surface area contributed by atoms with Gasteiger partial charge in [0.05, 0.1) is 18.0 Å². The number of hydrogen-bond acceptors (Lipinski definition) is 4. The van der Waals surface area contributed by atoms with Gasteiger partial charge >= 0.3 is 5.97 Å². The van der Waals surface area contributed by atoms with Gasteiger partial charge in [-0.25, -0.2) is 13.6 Å². The average molecular weight is 236 g/mol. The zero-order chi connectivity index (χ0) is 12.3. The smallest absolute Gasteiger partial charge is 0.330 e.